The van der Waals surface area contributed by atoms with E-state index >= 15 is 0 Å². The third-order valence-corrected chi connectivity index (χ3v) is 3.06. The van der Waals surface area contributed by atoms with Crippen molar-refractivity contribution in [3.05, 3.63) is 41.2 Å². The molecule has 1 aromatic carbocycles. The van der Waals surface area contributed by atoms with E-state index in [4.69, 9.17) is 5.84 Å². The maximum absolute atomic E-state index is 5.80. The third kappa shape index (κ3) is 4.19. The summed E-state index contributed by atoms with van der Waals surface area (Å²) in [6.45, 7) is 6.31. The van der Waals surface area contributed by atoms with Gasteiger partial charge in [-0.1, -0.05) is 45.0 Å². The molecule has 0 radical (unpaired) electrons. The molecule has 1 heterocycles. The average Bonchev–Trinajstić information content (AvgIpc) is 2.80. The van der Waals surface area contributed by atoms with Gasteiger partial charge in [-0.3, -0.25) is 0 Å². The lowest BCUT2D eigenvalue weighted by Gasteiger charge is -2.04. The molecule has 7 heteroatoms. The van der Waals surface area contributed by atoms with E-state index in [1.165, 1.54) is 10.2 Å². The molecular weight excluding hydrogens is 288 g/mol. The van der Waals surface area contributed by atoms with Crippen LogP contribution in [0.1, 0.15) is 43.6 Å². The van der Waals surface area contributed by atoms with Crippen LogP contribution in [0, 0.1) is 0 Å². The molecule has 6 nitrogen and oxygen atoms in total. The maximum Gasteiger partial charge on any atom is 0.263 e. The fraction of sp³-hybridized carbons (Fsp3) is 0.357. The molecule has 0 aliphatic heterocycles. The van der Waals surface area contributed by atoms with Crippen LogP contribution < -0.4 is 11.3 Å². The predicted octanol–water partition coefficient (Wildman–Crippen LogP) is 2.55. The number of nitrogen functional groups attached to an aromatic ring is 1. The maximum atomic E-state index is 5.80. The van der Waals surface area contributed by atoms with Crippen molar-refractivity contribution in [3.8, 4) is 0 Å². The van der Waals surface area contributed by atoms with Crippen molar-refractivity contribution in [1.29, 1.82) is 0 Å². The van der Waals surface area contributed by atoms with Crippen molar-refractivity contribution < 1.29 is 0 Å². The molecule has 1 aromatic heterocycles. The van der Waals surface area contributed by atoms with E-state index in [2.05, 4.69) is 46.7 Å². The number of aryl methyl sites for hydroxylation is 1. The van der Waals surface area contributed by atoms with Gasteiger partial charge in [0.15, 0.2) is 5.82 Å². The Kier molecular flexibility index (Phi) is 6.17. The highest BCUT2D eigenvalue weighted by atomic mass is 35.5. The summed E-state index contributed by atoms with van der Waals surface area (Å²) in [4.78, 5) is 0. The third-order valence-electron chi connectivity index (χ3n) is 3.06. The minimum absolute atomic E-state index is 0. The molecule has 2 rings (SSSR count). The van der Waals surface area contributed by atoms with Crippen LogP contribution in [0.25, 0.3) is 0 Å². The smallest absolute Gasteiger partial charge is 0.263 e. The summed E-state index contributed by atoms with van der Waals surface area (Å²) in [6.07, 6.45) is 2.45. The van der Waals surface area contributed by atoms with E-state index in [9.17, 15) is 0 Å². The number of hydrogen-bond donors (Lipinski definition) is 2. The first-order chi connectivity index (χ1) is 9.61. The largest absolute Gasteiger partial charge is 0.335 e. The van der Waals surface area contributed by atoms with Crippen LogP contribution in [0.5, 0.6) is 0 Å². The molecule has 0 saturated carbocycles. The molecule has 21 heavy (non-hydrogen) atoms. The first-order valence-electron chi connectivity index (χ1n) is 6.70. The lowest BCUT2D eigenvalue weighted by Crippen LogP contribution is -2.14. The van der Waals surface area contributed by atoms with Crippen LogP contribution in [0.3, 0.4) is 0 Å². The van der Waals surface area contributed by atoms with E-state index in [-0.39, 0.29) is 12.4 Å². The van der Waals surface area contributed by atoms with Gasteiger partial charge in [-0.05, 0) is 17.0 Å². The zero-order valence-corrected chi connectivity index (χ0v) is 13.3. The van der Waals surface area contributed by atoms with Gasteiger partial charge in [-0.15, -0.1) is 22.6 Å². The highest BCUT2D eigenvalue weighted by Crippen LogP contribution is 2.13. The van der Waals surface area contributed by atoms with Crippen LogP contribution >= 0.6 is 12.4 Å². The molecule has 0 aliphatic rings. The first kappa shape index (κ1) is 17.0. The Morgan fingerprint density at radius 2 is 1.95 bits per heavy atom. The molecule has 0 bridgehead atoms. The Morgan fingerprint density at radius 3 is 2.48 bits per heavy atom. The van der Waals surface area contributed by atoms with Crippen LogP contribution in [0.4, 0.5) is 5.95 Å². The summed E-state index contributed by atoms with van der Waals surface area (Å²) in [6, 6.07) is 8.27. The Hall–Kier alpha value is -2.08. The van der Waals surface area contributed by atoms with Gasteiger partial charge in [-0.25, -0.2) is 10.1 Å². The number of aromatic nitrogens is 3. The summed E-state index contributed by atoms with van der Waals surface area (Å²) in [5.74, 6) is 7.47. The summed E-state index contributed by atoms with van der Waals surface area (Å²) in [7, 11) is 0. The standard InChI is InChI=1S/C14H20N6.ClH/c1-4-13-17-19-14(20(13)15)18-16-9-11-5-7-12(8-6-11)10(2)3;/h5-10H,4,15H2,1-3H3,(H,18,19);1H. The van der Waals surface area contributed by atoms with Gasteiger partial charge in [0.05, 0.1) is 6.21 Å². The van der Waals surface area contributed by atoms with Crippen molar-refractivity contribution in [1.82, 2.24) is 14.9 Å². The Bertz CT molecular complexity index is 588. The highest BCUT2D eigenvalue weighted by molar-refractivity contribution is 5.85. The van der Waals surface area contributed by atoms with E-state index in [0.29, 0.717) is 17.7 Å². The average molecular weight is 309 g/mol. The van der Waals surface area contributed by atoms with Crippen molar-refractivity contribution in [3.63, 3.8) is 0 Å². The van der Waals surface area contributed by atoms with Crippen LogP contribution in [-0.2, 0) is 6.42 Å². The molecule has 0 saturated heterocycles. The minimum atomic E-state index is 0. The van der Waals surface area contributed by atoms with E-state index in [1.54, 1.807) is 6.21 Å². The van der Waals surface area contributed by atoms with Crippen LogP contribution in [-0.4, -0.2) is 21.1 Å². The monoisotopic (exact) mass is 308 g/mol. The molecule has 0 atom stereocenters. The fourth-order valence-electron chi connectivity index (χ4n) is 1.77. The quantitative estimate of drug-likeness (QED) is 0.505. The first-order valence-corrected chi connectivity index (χ1v) is 6.70. The second-order valence-corrected chi connectivity index (χ2v) is 4.85. The van der Waals surface area contributed by atoms with Gasteiger partial charge in [0.2, 0.25) is 0 Å². The summed E-state index contributed by atoms with van der Waals surface area (Å²) in [5.41, 5.74) is 5.11. The number of nitrogens with zero attached hydrogens (tertiary/aromatic N) is 4. The number of hydrogen-bond acceptors (Lipinski definition) is 5. The number of hydrazone groups is 1. The van der Waals surface area contributed by atoms with Gasteiger partial charge in [-0.2, -0.15) is 5.10 Å². The second-order valence-electron chi connectivity index (χ2n) is 4.85. The van der Waals surface area contributed by atoms with Gasteiger partial charge in [0.25, 0.3) is 5.95 Å². The van der Waals surface area contributed by atoms with Crippen molar-refractivity contribution in [2.24, 2.45) is 5.10 Å². The summed E-state index contributed by atoms with van der Waals surface area (Å²) >= 11 is 0. The number of anilines is 1. The lowest BCUT2D eigenvalue weighted by atomic mass is 10.0. The zero-order valence-electron chi connectivity index (χ0n) is 12.4. The molecule has 2 aromatic rings. The molecule has 0 unspecified atom stereocenters. The van der Waals surface area contributed by atoms with Crippen molar-refractivity contribution in [2.45, 2.75) is 33.1 Å². The van der Waals surface area contributed by atoms with Gasteiger partial charge >= 0.3 is 0 Å². The van der Waals surface area contributed by atoms with Gasteiger partial charge in [0.1, 0.15) is 0 Å². The number of halogens is 1. The van der Waals surface area contributed by atoms with Crippen LogP contribution in [0.15, 0.2) is 29.4 Å². The molecule has 3 N–H and O–H groups in total. The number of rotatable bonds is 5. The summed E-state index contributed by atoms with van der Waals surface area (Å²) in [5, 5.41) is 12.0. The van der Waals surface area contributed by atoms with Gasteiger partial charge in [0, 0.05) is 6.42 Å². The molecule has 114 valence electrons. The fourth-order valence-corrected chi connectivity index (χ4v) is 1.77. The number of nitrogens with two attached hydrogens (primary N) is 1. The Labute approximate surface area is 130 Å². The number of nitrogens with one attached hydrogen (secondary N) is 1. The van der Waals surface area contributed by atoms with Crippen molar-refractivity contribution >= 4 is 24.6 Å². The van der Waals surface area contributed by atoms with E-state index < -0.39 is 0 Å². The molecule has 0 aliphatic carbocycles. The molecule has 0 fully saturated rings. The van der Waals surface area contributed by atoms with E-state index in [1.807, 2.05) is 19.1 Å². The normalized spacial score (nSPS) is 10.9. The van der Waals surface area contributed by atoms with E-state index in [0.717, 1.165) is 12.0 Å². The lowest BCUT2D eigenvalue weighted by molar-refractivity contribution is 0.855. The zero-order chi connectivity index (χ0) is 14.5. The Balaban J connectivity index is 0.00000220. The molecule has 0 amide bonds. The van der Waals surface area contributed by atoms with Gasteiger partial charge < -0.3 is 5.84 Å². The molecular formula is C14H21ClN6. The topological polar surface area (TPSA) is 81.1 Å². The van der Waals surface area contributed by atoms with Crippen molar-refractivity contribution in [2.75, 3.05) is 11.3 Å². The number of benzene rings is 1. The predicted molar refractivity (Wildman–Crippen MR) is 88.5 cm³/mol. The molecule has 0 spiro atoms. The summed E-state index contributed by atoms with van der Waals surface area (Å²) < 4.78 is 1.40. The second kappa shape index (κ2) is 7.64. The highest BCUT2D eigenvalue weighted by Gasteiger charge is 2.05. The van der Waals surface area contributed by atoms with Crippen LogP contribution in [0.2, 0.25) is 0 Å². The minimum Gasteiger partial charge on any atom is -0.335 e. The SMILES string of the molecule is CCc1nnc(NN=Cc2ccc(C(C)C)cc2)n1N.Cl. The Morgan fingerprint density at radius 1 is 1.29 bits per heavy atom.